The van der Waals surface area contributed by atoms with E-state index in [1.54, 1.807) is 0 Å². The third-order valence-corrected chi connectivity index (χ3v) is 3.40. The molecule has 2 aromatic rings. The van der Waals surface area contributed by atoms with Gasteiger partial charge in [0.1, 0.15) is 5.82 Å². The lowest BCUT2D eigenvalue weighted by atomic mass is 10.2. The first kappa shape index (κ1) is 13.6. The van der Waals surface area contributed by atoms with Crippen LogP contribution in [0, 0.1) is 11.3 Å². The normalized spacial score (nSPS) is 9.89. The van der Waals surface area contributed by atoms with Crippen molar-refractivity contribution in [3.63, 3.8) is 0 Å². The van der Waals surface area contributed by atoms with Crippen molar-refractivity contribution >= 4 is 27.4 Å². The lowest BCUT2D eigenvalue weighted by Gasteiger charge is -2.22. The van der Waals surface area contributed by atoms with Gasteiger partial charge in [-0.25, -0.2) is 4.98 Å². The third kappa shape index (κ3) is 3.55. The van der Waals surface area contributed by atoms with Crippen molar-refractivity contribution in [2.24, 2.45) is 0 Å². The van der Waals surface area contributed by atoms with Crippen LogP contribution in [0.15, 0.2) is 48.7 Å². The lowest BCUT2D eigenvalue weighted by molar-refractivity contribution is 0.925. The number of nitrogens with zero attached hydrogens (tertiary/aromatic N) is 3. The maximum Gasteiger partial charge on any atom is 0.132 e. The number of nitriles is 1. The minimum absolute atomic E-state index is 0.469. The van der Waals surface area contributed by atoms with Crippen LogP contribution in [0.2, 0.25) is 0 Å². The summed E-state index contributed by atoms with van der Waals surface area (Å²) in [6.07, 6.45) is 2.32. The Kier molecular flexibility index (Phi) is 4.93. The van der Waals surface area contributed by atoms with Gasteiger partial charge in [0.05, 0.1) is 12.5 Å². The van der Waals surface area contributed by atoms with E-state index in [2.05, 4.69) is 31.9 Å². The number of rotatable bonds is 5. The van der Waals surface area contributed by atoms with E-state index in [9.17, 15) is 0 Å². The predicted octanol–water partition coefficient (Wildman–Crippen LogP) is 4.03. The van der Waals surface area contributed by atoms with Crippen LogP contribution < -0.4 is 4.90 Å². The van der Waals surface area contributed by atoms with Crippen LogP contribution in [0.5, 0.6) is 0 Å². The number of benzene rings is 1. The van der Waals surface area contributed by atoms with Gasteiger partial charge < -0.3 is 4.90 Å². The molecule has 0 aliphatic carbocycles. The molecule has 1 heterocycles. The minimum Gasteiger partial charge on any atom is -0.325 e. The molecule has 2 rings (SSSR count). The average molecular weight is 316 g/mol. The molecular formula is C15H14BrN3. The van der Waals surface area contributed by atoms with Crippen molar-refractivity contribution in [3.05, 3.63) is 54.2 Å². The highest BCUT2D eigenvalue weighted by Crippen LogP contribution is 2.23. The summed E-state index contributed by atoms with van der Waals surface area (Å²) in [5.74, 6) is 0.867. The van der Waals surface area contributed by atoms with Crippen molar-refractivity contribution in [3.8, 4) is 6.07 Å². The molecule has 0 atom stereocenters. The molecule has 0 amide bonds. The van der Waals surface area contributed by atoms with Crippen LogP contribution in [-0.2, 0) is 5.33 Å². The molecule has 4 heteroatoms. The van der Waals surface area contributed by atoms with E-state index in [4.69, 9.17) is 5.26 Å². The van der Waals surface area contributed by atoms with Gasteiger partial charge in [-0.15, -0.1) is 0 Å². The number of halogens is 1. The summed E-state index contributed by atoms with van der Waals surface area (Å²) in [5, 5.41) is 9.58. The van der Waals surface area contributed by atoms with Crippen LogP contribution in [0.3, 0.4) is 0 Å². The van der Waals surface area contributed by atoms with Gasteiger partial charge in [-0.1, -0.05) is 40.2 Å². The maximum absolute atomic E-state index is 8.79. The fourth-order valence-corrected chi connectivity index (χ4v) is 2.13. The molecule has 3 nitrogen and oxygen atoms in total. The summed E-state index contributed by atoms with van der Waals surface area (Å²) in [5.41, 5.74) is 2.19. The Morgan fingerprint density at radius 3 is 2.53 bits per heavy atom. The van der Waals surface area contributed by atoms with E-state index in [-0.39, 0.29) is 0 Å². The summed E-state index contributed by atoms with van der Waals surface area (Å²) in [7, 11) is 0. The number of alkyl halides is 1. The van der Waals surface area contributed by atoms with Crippen LogP contribution in [0.4, 0.5) is 11.5 Å². The van der Waals surface area contributed by atoms with Gasteiger partial charge in [-0.05, 0) is 23.8 Å². The van der Waals surface area contributed by atoms with Crippen molar-refractivity contribution < 1.29 is 0 Å². The molecule has 0 unspecified atom stereocenters. The zero-order valence-electron chi connectivity index (χ0n) is 10.5. The maximum atomic E-state index is 8.79. The van der Waals surface area contributed by atoms with Gasteiger partial charge in [0.25, 0.3) is 0 Å². The Balaban J connectivity index is 2.29. The van der Waals surface area contributed by atoms with Crippen molar-refractivity contribution in [2.75, 3.05) is 11.4 Å². The first-order chi connectivity index (χ1) is 9.35. The number of pyridine rings is 1. The Hall–Kier alpha value is -1.86. The molecule has 19 heavy (non-hydrogen) atoms. The smallest absolute Gasteiger partial charge is 0.132 e. The first-order valence-corrected chi connectivity index (χ1v) is 7.17. The molecule has 96 valence electrons. The molecule has 0 bridgehead atoms. The molecular weight excluding hydrogens is 302 g/mol. The summed E-state index contributed by atoms with van der Waals surface area (Å²) in [4.78, 5) is 6.52. The van der Waals surface area contributed by atoms with Crippen LogP contribution >= 0.6 is 15.9 Å². The summed E-state index contributed by atoms with van der Waals surface area (Å²) >= 11 is 3.41. The molecule has 0 radical (unpaired) electrons. The highest BCUT2D eigenvalue weighted by Gasteiger charge is 2.09. The third-order valence-electron chi connectivity index (χ3n) is 2.76. The number of para-hydroxylation sites is 1. The van der Waals surface area contributed by atoms with Gasteiger partial charge in [0.2, 0.25) is 0 Å². The van der Waals surface area contributed by atoms with E-state index in [0.717, 1.165) is 22.4 Å². The van der Waals surface area contributed by atoms with E-state index < -0.39 is 0 Å². The van der Waals surface area contributed by atoms with Gasteiger partial charge in [-0.2, -0.15) is 5.26 Å². The minimum atomic E-state index is 0.469. The van der Waals surface area contributed by atoms with E-state index in [1.165, 1.54) is 0 Å². The molecule has 0 saturated heterocycles. The number of anilines is 2. The molecule has 0 aliphatic heterocycles. The van der Waals surface area contributed by atoms with E-state index >= 15 is 0 Å². The van der Waals surface area contributed by atoms with Crippen molar-refractivity contribution in [1.29, 1.82) is 5.26 Å². The largest absolute Gasteiger partial charge is 0.325 e. The molecule has 0 N–H and O–H groups in total. The van der Waals surface area contributed by atoms with Gasteiger partial charge >= 0.3 is 0 Å². The molecule has 0 fully saturated rings. The fraction of sp³-hybridized carbons (Fsp3) is 0.200. The Labute approximate surface area is 121 Å². The predicted molar refractivity (Wildman–Crippen MR) is 80.5 cm³/mol. The summed E-state index contributed by atoms with van der Waals surface area (Å²) in [6.45, 7) is 0.640. The molecule has 1 aromatic heterocycles. The van der Waals surface area contributed by atoms with Crippen LogP contribution in [0.1, 0.15) is 12.0 Å². The summed E-state index contributed by atoms with van der Waals surface area (Å²) < 4.78 is 0. The molecule has 0 aliphatic rings. The van der Waals surface area contributed by atoms with Gasteiger partial charge in [0, 0.05) is 23.8 Å². The van der Waals surface area contributed by atoms with Crippen LogP contribution in [0.25, 0.3) is 0 Å². The quantitative estimate of drug-likeness (QED) is 0.782. The zero-order chi connectivity index (χ0) is 13.5. The topological polar surface area (TPSA) is 39.9 Å². The average Bonchev–Trinajstić information content (AvgIpc) is 2.49. The fourth-order valence-electron chi connectivity index (χ4n) is 1.80. The number of hydrogen-bond acceptors (Lipinski definition) is 3. The standard InChI is InChI=1S/C15H14BrN3/c16-11-13-7-8-15(18-12-13)19(10-4-9-17)14-5-2-1-3-6-14/h1-3,5-8,12H,4,10-11H2. The van der Waals surface area contributed by atoms with Crippen LogP contribution in [-0.4, -0.2) is 11.5 Å². The Bertz CT molecular complexity index is 546. The highest BCUT2D eigenvalue weighted by atomic mass is 79.9. The highest BCUT2D eigenvalue weighted by molar-refractivity contribution is 9.08. The lowest BCUT2D eigenvalue weighted by Crippen LogP contribution is -2.19. The second-order valence-electron chi connectivity index (χ2n) is 4.05. The first-order valence-electron chi connectivity index (χ1n) is 6.05. The SMILES string of the molecule is N#CCCN(c1ccccc1)c1ccc(CBr)cn1. The Morgan fingerprint density at radius 2 is 1.95 bits per heavy atom. The zero-order valence-corrected chi connectivity index (χ0v) is 12.0. The second kappa shape index (κ2) is 6.91. The summed E-state index contributed by atoms with van der Waals surface area (Å²) in [6, 6.07) is 16.2. The van der Waals surface area contributed by atoms with Crippen molar-refractivity contribution in [2.45, 2.75) is 11.8 Å². The second-order valence-corrected chi connectivity index (χ2v) is 4.61. The number of aromatic nitrogens is 1. The van der Waals surface area contributed by atoms with Gasteiger partial charge in [-0.3, -0.25) is 0 Å². The number of hydrogen-bond donors (Lipinski definition) is 0. The van der Waals surface area contributed by atoms with E-state index in [1.807, 2.05) is 48.7 Å². The Morgan fingerprint density at radius 1 is 1.16 bits per heavy atom. The van der Waals surface area contributed by atoms with Crippen molar-refractivity contribution in [1.82, 2.24) is 4.98 Å². The van der Waals surface area contributed by atoms with Gasteiger partial charge in [0.15, 0.2) is 0 Å². The van der Waals surface area contributed by atoms with E-state index in [0.29, 0.717) is 13.0 Å². The molecule has 1 aromatic carbocycles. The molecule has 0 saturated carbocycles. The monoisotopic (exact) mass is 315 g/mol. The molecule has 0 spiro atoms.